The van der Waals surface area contributed by atoms with Crippen molar-refractivity contribution in [2.75, 3.05) is 19.7 Å². The van der Waals surface area contributed by atoms with E-state index < -0.39 is 10.0 Å². The smallest absolute Gasteiger partial charge is 0.317 e. The highest BCUT2D eigenvalue weighted by Crippen LogP contribution is 2.30. The number of hydrogen-bond donors (Lipinski definition) is 0. The van der Waals surface area contributed by atoms with Crippen LogP contribution in [0.1, 0.15) is 29.8 Å². The molecule has 2 aliphatic rings. The van der Waals surface area contributed by atoms with Gasteiger partial charge in [0.15, 0.2) is 0 Å². The standard InChI is InChI=1S/C19H23N3O4S/c1-13-10-14(2)21-19(20-13)26-16-4-3-8-22(12-16)27(23,24)17-5-6-18-15(11-17)7-9-25-18/h5-6,10-11,16H,3-4,7-9,12H2,1-2H3/t16-/m1/s1. The van der Waals surface area contributed by atoms with Crippen LogP contribution in [0.15, 0.2) is 29.2 Å². The average molecular weight is 389 g/mol. The maximum atomic E-state index is 13.1. The lowest BCUT2D eigenvalue weighted by molar-refractivity contribution is 0.119. The molecule has 8 heteroatoms. The number of nitrogens with zero attached hydrogens (tertiary/aromatic N) is 3. The number of ether oxygens (including phenoxy) is 2. The number of sulfonamides is 1. The Morgan fingerprint density at radius 3 is 2.74 bits per heavy atom. The van der Waals surface area contributed by atoms with Crippen molar-refractivity contribution in [1.82, 2.24) is 14.3 Å². The summed E-state index contributed by atoms with van der Waals surface area (Å²) in [5.41, 5.74) is 2.61. The minimum absolute atomic E-state index is 0.257. The Balaban J connectivity index is 1.51. The predicted octanol–water partition coefficient (Wildman–Crippen LogP) is 2.26. The van der Waals surface area contributed by atoms with E-state index in [2.05, 4.69) is 9.97 Å². The van der Waals surface area contributed by atoms with Gasteiger partial charge in [-0.15, -0.1) is 0 Å². The van der Waals surface area contributed by atoms with E-state index >= 15 is 0 Å². The van der Waals surface area contributed by atoms with Gasteiger partial charge in [-0.3, -0.25) is 0 Å². The molecule has 2 aromatic rings. The first-order chi connectivity index (χ1) is 12.9. The van der Waals surface area contributed by atoms with E-state index in [1.807, 2.05) is 19.9 Å². The Kier molecular flexibility index (Phi) is 4.77. The molecule has 1 aromatic heterocycles. The number of aromatic nitrogens is 2. The highest BCUT2D eigenvalue weighted by molar-refractivity contribution is 7.89. The average Bonchev–Trinajstić information content (AvgIpc) is 3.09. The summed E-state index contributed by atoms with van der Waals surface area (Å²) >= 11 is 0. The zero-order chi connectivity index (χ0) is 19.0. The van der Waals surface area contributed by atoms with Crippen molar-refractivity contribution < 1.29 is 17.9 Å². The van der Waals surface area contributed by atoms with Crippen molar-refractivity contribution >= 4 is 10.0 Å². The third-order valence-electron chi connectivity index (χ3n) is 4.87. The molecular formula is C19H23N3O4S. The Labute approximate surface area is 159 Å². The van der Waals surface area contributed by atoms with Crippen LogP contribution in [0, 0.1) is 13.8 Å². The van der Waals surface area contributed by atoms with E-state index in [1.54, 1.807) is 18.2 Å². The first-order valence-corrected chi connectivity index (χ1v) is 10.6. The second-order valence-electron chi connectivity index (χ2n) is 7.05. The molecule has 3 heterocycles. The summed E-state index contributed by atoms with van der Waals surface area (Å²) in [6.07, 6.45) is 2.00. The molecule has 0 unspecified atom stereocenters. The molecule has 1 atom stereocenters. The monoisotopic (exact) mass is 389 g/mol. The van der Waals surface area contributed by atoms with Gasteiger partial charge in [0.2, 0.25) is 10.0 Å². The Morgan fingerprint density at radius 1 is 1.19 bits per heavy atom. The third-order valence-corrected chi connectivity index (χ3v) is 6.73. The lowest BCUT2D eigenvalue weighted by Crippen LogP contribution is -2.44. The van der Waals surface area contributed by atoms with Gasteiger partial charge in [0.1, 0.15) is 11.9 Å². The van der Waals surface area contributed by atoms with Crippen LogP contribution < -0.4 is 9.47 Å². The molecule has 0 spiro atoms. The summed E-state index contributed by atoms with van der Waals surface area (Å²) in [6.45, 7) is 5.16. The Hall–Kier alpha value is -2.19. The zero-order valence-electron chi connectivity index (χ0n) is 15.5. The molecule has 1 aromatic carbocycles. The van der Waals surface area contributed by atoms with Crippen LogP contribution in [-0.4, -0.2) is 48.5 Å². The van der Waals surface area contributed by atoms with Gasteiger partial charge in [0.25, 0.3) is 0 Å². The molecule has 0 aliphatic carbocycles. The molecule has 0 N–H and O–H groups in total. The van der Waals surface area contributed by atoms with E-state index in [0.717, 1.165) is 42.0 Å². The fourth-order valence-corrected chi connectivity index (χ4v) is 5.15. The normalized spacial score (nSPS) is 20.1. The van der Waals surface area contributed by atoms with E-state index in [-0.39, 0.29) is 6.10 Å². The van der Waals surface area contributed by atoms with Crippen molar-refractivity contribution in [3.05, 3.63) is 41.2 Å². The first kappa shape index (κ1) is 18.2. The molecule has 1 saturated heterocycles. The minimum Gasteiger partial charge on any atom is -0.493 e. The lowest BCUT2D eigenvalue weighted by Gasteiger charge is -2.31. The molecule has 1 fully saturated rings. The molecule has 27 heavy (non-hydrogen) atoms. The summed E-state index contributed by atoms with van der Waals surface area (Å²) in [4.78, 5) is 8.91. The van der Waals surface area contributed by atoms with Crippen molar-refractivity contribution in [2.24, 2.45) is 0 Å². The van der Waals surface area contributed by atoms with Crippen LogP contribution in [0.3, 0.4) is 0 Å². The highest BCUT2D eigenvalue weighted by atomic mass is 32.2. The number of fused-ring (bicyclic) bond motifs is 1. The van der Waals surface area contributed by atoms with Gasteiger partial charge >= 0.3 is 6.01 Å². The fourth-order valence-electron chi connectivity index (χ4n) is 3.59. The van der Waals surface area contributed by atoms with E-state index in [9.17, 15) is 8.42 Å². The summed E-state index contributed by atoms with van der Waals surface area (Å²) in [5.74, 6) is 0.778. The van der Waals surface area contributed by atoms with Crippen molar-refractivity contribution in [1.29, 1.82) is 0 Å². The highest BCUT2D eigenvalue weighted by Gasteiger charge is 2.32. The summed E-state index contributed by atoms with van der Waals surface area (Å²) < 4.78 is 39.1. The number of rotatable bonds is 4. The van der Waals surface area contributed by atoms with Crippen LogP contribution in [-0.2, 0) is 16.4 Å². The molecule has 144 valence electrons. The summed E-state index contributed by atoms with van der Waals surface area (Å²) in [7, 11) is -3.57. The number of hydrogen-bond acceptors (Lipinski definition) is 6. The second-order valence-corrected chi connectivity index (χ2v) is 8.98. The summed E-state index contributed by atoms with van der Waals surface area (Å²) in [5, 5.41) is 0. The van der Waals surface area contributed by atoms with Crippen molar-refractivity contribution in [2.45, 2.75) is 44.1 Å². The number of benzene rings is 1. The maximum Gasteiger partial charge on any atom is 0.317 e. The quantitative estimate of drug-likeness (QED) is 0.798. The molecule has 4 rings (SSSR count). The molecule has 0 saturated carbocycles. The molecular weight excluding hydrogens is 366 g/mol. The summed E-state index contributed by atoms with van der Waals surface area (Å²) in [6, 6.07) is 7.29. The fraction of sp³-hybridized carbons (Fsp3) is 0.474. The maximum absolute atomic E-state index is 13.1. The van der Waals surface area contributed by atoms with Crippen molar-refractivity contribution in [3.8, 4) is 11.8 Å². The van der Waals surface area contributed by atoms with Crippen LogP contribution >= 0.6 is 0 Å². The van der Waals surface area contributed by atoms with Gasteiger partial charge in [0.05, 0.1) is 18.0 Å². The first-order valence-electron chi connectivity index (χ1n) is 9.16. The molecule has 2 aliphatic heterocycles. The van der Waals surface area contributed by atoms with Crippen molar-refractivity contribution in [3.63, 3.8) is 0 Å². The number of piperidine rings is 1. The van der Waals surface area contributed by atoms with Crippen LogP contribution in [0.4, 0.5) is 0 Å². The van der Waals surface area contributed by atoms with E-state index in [1.165, 1.54) is 4.31 Å². The van der Waals surface area contributed by atoms with E-state index in [0.29, 0.717) is 30.6 Å². The van der Waals surface area contributed by atoms with Crippen LogP contribution in [0.5, 0.6) is 11.8 Å². The topological polar surface area (TPSA) is 81.6 Å². The van der Waals surface area contributed by atoms with Gasteiger partial charge in [-0.1, -0.05) is 0 Å². The largest absolute Gasteiger partial charge is 0.493 e. The minimum atomic E-state index is -3.57. The zero-order valence-corrected chi connectivity index (χ0v) is 16.3. The van der Waals surface area contributed by atoms with Gasteiger partial charge in [0, 0.05) is 24.4 Å². The van der Waals surface area contributed by atoms with Gasteiger partial charge in [-0.05, 0) is 56.5 Å². The molecule has 0 radical (unpaired) electrons. The number of aryl methyl sites for hydroxylation is 2. The third kappa shape index (κ3) is 3.77. The lowest BCUT2D eigenvalue weighted by atomic mass is 10.1. The molecule has 0 amide bonds. The van der Waals surface area contributed by atoms with Crippen LogP contribution in [0.25, 0.3) is 0 Å². The molecule has 0 bridgehead atoms. The Bertz CT molecular complexity index is 941. The van der Waals surface area contributed by atoms with Crippen LogP contribution in [0.2, 0.25) is 0 Å². The Morgan fingerprint density at radius 2 is 1.96 bits per heavy atom. The van der Waals surface area contributed by atoms with Gasteiger partial charge in [-0.2, -0.15) is 4.31 Å². The predicted molar refractivity (Wildman–Crippen MR) is 99.6 cm³/mol. The van der Waals surface area contributed by atoms with Gasteiger partial charge < -0.3 is 9.47 Å². The molecule has 7 nitrogen and oxygen atoms in total. The van der Waals surface area contributed by atoms with Gasteiger partial charge in [-0.25, -0.2) is 18.4 Å². The van der Waals surface area contributed by atoms with E-state index in [4.69, 9.17) is 9.47 Å². The second kappa shape index (κ2) is 7.09. The SMILES string of the molecule is Cc1cc(C)nc(O[C@@H]2CCCN(S(=O)(=O)c3ccc4c(c3)CCO4)C2)n1.